The SMILES string of the molecule is O=C(NC[C@@H](c1ccccc1)c1c[nH]c2ccccc12)Nc1ccc(F)cc1F. The number of carbonyl (C=O) groups excluding carboxylic acids is 1. The van der Waals surface area contributed by atoms with Crippen LogP contribution in [0.1, 0.15) is 17.0 Å². The average molecular weight is 391 g/mol. The van der Waals surface area contributed by atoms with E-state index in [-0.39, 0.29) is 11.6 Å². The van der Waals surface area contributed by atoms with E-state index in [4.69, 9.17) is 0 Å². The summed E-state index contributed by atoms with van der Waals surface area (Å²) in [5, 5.41) is 6.30. The predicted octanol–water partition coefficient (Wildman–Crippen LogP) is 5.40. The van der Waals surface area contributed by atoms with Gasteiger partial charge in [-0.2, -0.15) is 0 Å². The number of rotatable bonds is 5. The summed E-state index contributed by atoms with van der Waals surface area (Å²) in [5.74, 6) is -1.62. The quantitative estimate of drug-likeness (QED) is 0.419. The van der Waals surface area contributed by atoms with Crippen LogP contribution in [0.3, 0.4) is 0 Å². The Hall–Kier alpha value is -3.67. The monoisotopic (exact) mass is 391 g/mol. The van der Waals surface area contributed by atoms with E-state index in [2.05, 4.69) is 15.6 Å². The highest BCUT2D eigenvalue weighted by Gasteiger charge is 2.19. The number of nitrogens with one attached hydrogen (secondary N) is 3. The molecule has 0 saturated carbocycles. The number of aromatic nitrogens is 1. The van der Waals surface area contributed by atoms with Gasteiger partial charge in [0.15, 0.2) is 0 Å². The lowest BCUT2D eigenvalue weighted by Gasteiger charge is -2.18. The second-order valence-electron chi connectivity index (χ2n) is 6.71. The summed E-state index contributed by atoms with van der Waals surface area (Å²) in [5.41, 5.74) is 3.04. The number of hydrogen-bond donors (Lipinski definition) is 3. The summed E-state index contributed by atoms with van der Waals surface area (Å²) < 4.78 is 26.8. The molecule has 2 amide bonds. The Morgan fingerprint density at radius 2 is 1.72 bits per heavy atom. The molecule has 146 valence electrons. The van der Waals surface area contributed by atoms with Gasteiger partial charge in [-0.3, -0.25) is 0 Å². The molecule has 0 fully saturated rings. The van der Waals surface area contributed by atoms with Gasteiger partial charge < -0.3 is 15.6 Å². The second kappa shape index (κ2) is 8.14. The van der Waals surface area contributed by atoms with E-state index in [1.165, 1.54) is 6.07 Å². The molecule has 0 aliphatic heterocycles. The number of anilines is 1. The van der Waals surface area contributed by atoms with Crippen LogP contribution in [-0.2, 0) is 0 Å². The van der Waals surface area contributed by atoms with Crippen LogP contribution >= 0.6 is 0 Å². The van der Waals surface area contributed by atoms with Crippen molar-refractivity contribution in [3.05, 3.63) is 102 Å². The van der Waals surface area contributed by atoms with Crippen molar-refractivity contribution in [2.75, 3.05) is 11.9 Å². The van der Waals surface area contributed by atoms with E-state index in [9.17, 15) is 13.6 Å². The first-order chi connectivity index (χ1) is 14.1. The highest BCUT2D eigenvalue weighted by atomic mass is 19.1. The largest absolute Gasteiger partial charge is 0.361 e. The molecule has 3 aromatic carbocycles. The summed E-state index contributed by atoms with van der Waals surface area (Å²) in [6.45, 7) is 0.306. The molecular weight excluding hydrogens is 372 g/mol. The van der Waals surface area contributed by atoms with Gasteiger partial charge in [-0.25, -0.2) is 13.6 Å². The molecule has 29 heavy (non-hydrogen) atoms. The molecule has 0 bridgehead atoms. The molecule has 0 aliphatic rings. The van der Waals surface area contributed by atoms with Crippen LogP contribution in [0.25, 0.3) is 10.9 Å². The molecular formula is C23H19F2N3O. The minimum Gasteiger partial charge on any atom is -0.361 e. The first-order valence-corrected chi connectivity index (χ1v) is 9.22. The van der Waals surface area contributed by atoms with Crippen molar-refractivity contribution >= 4 is 22.6 Å². The van der Waals surface area contributed by atoms with Gasteiger partial charge in [-0.1, -0.05) is 48.5 Å². The van der Waals surface area contributed by atoms with Crippen LogP contribution in [-0.4, -0.2) is 17.6 Å². The van der Waals surface area contributed by atoms with E-state index < -0.39 is 17.7 Å². The lowest BCUT2D eigenvalue weighted by Crippen LogP contribution is -2.33. The molecule has 4 rings (SSSR count). The van der Waals surface area contributed by atoms with Gasteiger partial charge in [0.1, 0.15) is 11.6 Å². The lowest BCUT2D eigenvalue weighted by molar-refractivity contribution is 0.251. The minimum absolute atomic E-state index is 0.0766. The van der Waals surface area contributed by atoms with Gasteiger partial charge in [-0.05, 0) is 29.3 Å². The van der Waals surface area contributed by atoms with E-state index in [0.717, 1.165) is 34.2 Å². The third-order valence-electron chi connectivity index (χ3n) is 4.84. The van der Waals surface area contributed by atoms with Crippen molar-refractivity contribution in [2.24, 2.45) is 0 Å². The van der Waals surface area contributed by atoms with Crippen LogP contribution in [0, 0.1) is 11.6 Å². The number of halogens is 2. The fourth-order valence-corrected chi connectivity index (χ4v) is 3.43. The maximum absolute atomic E-state index is 13.8. The third kappa shape index (κ3) is 4.11. The third-order valence-corrected chi connectivity index (χ3v) is 4.84. The zero-order valence-corrected chi connectivity index (χ0v) is 15.5. The number of fused-ring (bicyclic) bond motifs is 1. The van der Waals surface area contributed by atoms with Crippen LogP contribution in [0.2, 0.25) is 0 Å². The van der Waals surface area contributed by atoms with Crippen LogP contribution in [0.15, 0.2) is 79.0 Å². The summed E-state index contributed by atoms with van der Waals surface area (Å²) in [6.07, 6.45) is 1.95. The Morgan fingerprint density at radius 1 is 0.966 bits per heavy atom. The molecule has 6 heteroatoms. The normalized spacial score (nSPS) is 11.9. The van der Waals surface area contributed by atoms with Crippen molar-refractivity contribution in [1.29, 1.82) is 0 Å². The van der Waals surface area contributed by atoms with E-state index in [1.807, 2.05) is 60.8 Å². The highest BCUT2D eigenvalue weighted by molar-refractivity contribution is 5.89. The van der Waals surface area contributed by atoms with Crippen molar-refractivity contribution in [1.82, 2.24) is 10.3 Å². The topological polar surface area (TPSA) is 56.9 Å². The summed E-state index contributed by atoms with van der Waals surface area (Å²) in [7, 11) is 0. The van der Waals surface area contributed by atoms with Crippen molar-refractivity contribution < 1.29 is 13.6 Å². The molecule has 4 nitrogen and oxygen atoms in total. The molecule has 1 atom stereocenters. The van der Waals surface area contributed by atoms with Crippen molar-refractivity contribution in [2.45, 2.75) is 5.92 Å². The highest BCUT2D eigenvalue weighted by Crippen LogP contribution is 2.30. The molecule has 1 heterocycles. The zero-order valence-electron chi connectivity index (χ0n) is 15.5. The zero-order chi connectivity index (χ0) is 20.2. The first-order valence-electron chi connectivity index (χ1n) is 9.22. The molecule has 1 aromatic heterocycles. The van der Waals surface area contributed by atoms with Crippen LogP contribution in [0.5, 0.6) is 0 Å². The van der Waals surface area contributed by atoms with Crippen molar-refractivity contribution in [3.63, 3.8) is 0 Å². The smallest absolute Gasteiger partial charge is 0.319 e. The van der Waals surface area contributed by atoms with Gasteiger partial charge in [0.05, 0.1) is 5.69 Å². The lowest BCUT2D eigenvalue weighted by atomic mass is 9.91. The Balaban J connectivity index is 1.55. The maximum Gasteiger partial charge on any atom is 0.319 e. The number of hydrogen-bond acceptors (Lipinski definition) is 1. The van der Waals surface area contributed by atoms with E-state index >= 15 is 0 Å². The van der Waals surface area contributed by atoms with Crippen molar-refractivity contribution in [3.8, 4) is 0 Å². The average Bonchev–Trinajstić information content (AvgIpc) is 3.15. The number of carbonyl (C=O) groups is 1. The summed E-state index contributed by atoms with van der Waals surface area (Å²) in [4.78, 5) is 15.6. The standard InChI is InChI=1S/C23H19F2N3O/c24-16-10-11-22(20(25)12-16)28-23(29)27-13-18(15-6-2-1-3-7-15)19-14-26-21-9-5-4-8-17(19)21/h1-12,14,18,26H,13H2,(H2,27,28,29)/t18-/m0/s1. The maximum atomic E-state index is 13.8. The first kappa shape index (κ1) is 18.7. The number of amides is 2. The second-order valence-corrected chi connectivity index (χ2v) is 6.71. The number of urea groups is 1. The molecule has 0 radical (unpaired) electrons. The summed E-state index contributed by atoms with van der Waals surface area (Å²) in [6, 6.07) is 20.3. The van der Waals surface area contributed by atoms with Gasteiger partial charge >= 0.3 is 6.03 Å². The van der Waals surface area contributed by atoms with E-state index in [1.54, 1.807) is 0 Å². The van der Waals surface area contributed by atoms with Crippen LogP contribution in [0.4, 0.5) is 19.3 Å². The van der Waals surface area contributed by atoms with Gasteiger partial charge in [0.2, 0.25) is 0 Å². The minimum atomic E-state index is -0.823. The molecule has 4 aromatic rings. The summed E-state index contributed by atoms with van der Waals surface area (Å²) >= 11 is 0. The van der Waals surface area contributed by atoms with Gasteiger partial charge in [0, 0.05) is 35.6 Å². The van der Waals surface area contributed by atoms with Crippen LogP contribution < -0.4 is 10.6 Å². The molecule has 0 aliphatic carbocycles. The Labute approximate surface area is 166 Å². The fraction of sp³-hybridized carbons (Fsp3) is 0.0870. The van der Waals surface area contributed by atoms with Gasteiger partial charge in [0.25, 0.3) is 0 Å². The Bertz CT molecular complexity index is 1140. The molecule has 0 spiro atoms. The number of aromatic amines is 1. The predicted molar refractivity (Wildman–Crippen MR) is 110 cm³/mol. The fourth-order valence-electron chi connectivity index (χ4n) is 3.43. The molecule has 3 N–H and O–H groups in total. The molecule has 0 saturated heterocycles. The Kier molecular flexibility index (Phi) is 5.24. The van der Waals surface area contributed by atoms with Gasteiger partial charge in [-0.15, -0.1) is 0 Å². The Morgan fingerprint density at radius 3 is 2.52 bits per heavy atom. The number of para-hydroxylation sites is 1. The number of H-pyrrole nitrogens is 1. The molecule has 0 unspecified atom stereocenters. The van der Waals surface area contributed by atoms with E-state index in [0.29, 0.717) is 6.54 Å². The number of benzene rings is 3.